The second-order valence-corrected chi connectivity index (χ2v) is 6.19. The van der Waals surface area contributed by atoms with Crippen LogP contribution >= 0.6 is 22.9 Å². The summed E-state index contributed by atoms with van der Waals surface area (Å²) in [7, 11) is 0. The van der Waals surface area contributed by atoms with E-state index in [4.69, 9.17) is 16.6 Å². The van der Waals surface area contributed by atoms with Gasteiger partial charge < -0.3 is 4.57 Å². The molecular formula is C15H16ClN3S. The van der Waals surface area contributed by atoms with Crippen molar-refractivity contribution in [3.05, 3.63) is 46.0 Å². The van der Waals surface area contributed by atoms with Gasteiger partial charge in [-0.3, -0.25) is 0 Å². The summed E-state index contributed by atoms with van der Waals surface area (Å²) in [5, 5.41) is 2.10. The molecule has 0 amide bonds. The minimum absolute atomic E-state index is 0.229. The number of halogens is 1. The van der Waals surface area contributed by atoms with Crippen LogP contribution in [0.1, 0.15) is 29.2 Å². The van der Waals surface area contributed by atoms with Crippen molar-refractivity contribution in [2.75, 3.05) is 5.88 Å². The molecule has 3 nitrogen and oxygen atoms in total. The molecule has 0 saturated heterocycles. The van der Waals surface area contributed by atoms with Crippen LogP contribution in [0.15, 0.2) is 29.8 Å². The Morgan fingerprint density at radius 2 is 2.25 bits per heavy atom. The van der Waals surface area contributed by atoms with Gasteiger partial charge in [-0.1, -0.05) is 6.07 Å². The number of hydrogen-bond donors (Lipinski definition) is 0. The van der Waals surface area contributed by atoms with E-state index >= 15 is 0 Å². The Morgan fingerprint density at radius 1 is 1.40 bits per heavy atom. The lowest BCUT2D eigenvalue weighted by atomic mass is 10.2. The molecule has 3 rings (SSSR count). The summed E-state index contributed by atoms with van der Waals surface area (Å²) in [6, 6.07) is 6.46. The minimum Gasteiger partial charge on any atom is -0.304 e. The maximum Gasteiger partial charge on any atom is 0.160 e. The number of thiophene rings is 1. The number of imidazole rings is 1. The summed E-state index contributed by atoms with van der Waals surface area (Å²) in [5.74, 6) is 1.58. The predicted octanol–water partition coefficient (Wildman–Crippen LogP) is 4.19. The third kappa shape index (κ3) is 2.23. The molecule has 3 aromatic rings. The third-order valence-electron chi connectivity index (χ3n) is 3.51. The number of alkyl halides is 1. The minimum atomic E-state index is 0.229. The van der Waals surface area contributed by atoms with Crippen LogP contribution in [0.5, 0.6) is 0 Å². The maximum atomic E-state index is 5.93. The Bertz CT molecular complexity index is 718. The average Bonchev–Trinajstić information content (AvgIpc) is 3.06. The lowest BCUT2D eigenvalue weighted by molar-refractivity contribution is 0.628. The predicted molar refractivity (Wildman–Crippen MR) is 84.8 cm³/mol. The van der Waals surface area contributed by atoms with Gasteiger partial charge in [0.25, 0.3) is 0 Å². The monoisotopic (exact) mass is 305 g/mol. The Labute approximate surface area is 127 Å². The summed E-state index contributed by atoms with van der Waals surface area (Å²) in [6.07, 6.45) is 2.61. The summed E-state index contributed by atoms with van der Waals surface area (Å²) >= 11 is 7.69. The van der Waals surface area contributed by atoms with Crippen LogP contribution in [-0.2, 0) is 6.42 Å². The number of aryl methyl sites for hydroxylation is 2. The number of pyridine rings is 1. The van der Waals surface area contributed by atoms with Gasteiger partial charge in [0, 0.05) is 23.4 Å². The molecule has 0 fully saturated rings. The van der Waals surface area contributed by atoms with Gasteiger partial charge in [0.15, 0.2) is 5.65 Å². The van der Waals surface area contributed by atoms with Gasteiger partial charge in [-0.2, -0.15) is 0 Å². The van der Waals surface area contributed by atoms with E-state index in [1.54, 1.807) is 11.3 Å². The van der Waals surface area contributed by atoms with Gasteiger partial charge in [0.1, 0.15) is 11.3 Å². The Hall–Kier alpha value is -1.39. The zero-order valence-electron chi connectivity index (χ0n) is 11.5. The zero-order valence-corrected chi connectivity index (χ0v) is 13.1. The van der Waals surface area contributed by atoms with E-state index in [-0.39, 0.29) is 6.04 Å². The van der Waals surface area contributed by atoms with Gasteiger partial charge in [-0.15, -0.1) is 22.9 Å². The van der Waals surface area contributed by atoms with E-state index in [0.29, 0.717) is 5.88 Å². The van der Waals surface area contributed by atoms with Crippen molar-refractivity contribution in [1.29, 1.82) is 0 Å². The van der Waals surface area contributed by atoms with E-state index in [2.05, 4.69) is 40.9 Å². The first kappa shape index (κ1) is 13.6. The fraction of sp³-hybridized carbons (Fsp3) is 0.333. The van der Waals surface area contributed by atoms with Crippen molar-refractivity contribution in [3.8, 4) is 0 Å². The summed E-state index contributed by atoms with van der Waals surface area (Å²) in [5.41, 5.74) is 3.09. The highest BCUT2D eigenvalue weighted by molar-refractivity contribution is 7.10. The summed E-state index contributed by atoms with van der Waals surface area (Å²) in [4.78, 5) is 10.6. The van der Waals surface area contributed by atoms with Crippen LogP contribution in [0.25, 0.3) is 11.2 Å². The van der Waals surface area contributed by atoms with Crippen LogP contribution in [0, 0.1) is 6.92 Å². The van der Waals surface area contributed by atoms with Crippen molar-refractivity contribution < 1.29 is 0 Å². The average molecular weight is 306 g/mol. The normalized spacial score (nSPS) is 12.9. The van der Waals surface area contributed by atoms with Crippen molar-refractivity contribution in [3.63, 3.8) is 0 Å². The van der Waals surface area contributed by atoms with E-state index in [0.717, 1.165) is 29.0 Å². The molecule has 0 aliphatic rings. The topological polar surface area (TPSA) is 30.7 Å². The number of nitrogens with zero attached hydrogens (tertiary/aromatic N) is 3. The summed E-state index contributed by atoms with van der Waals surface area (Å²) in [6.45, 7) is 4.26. The third-order valence-corrected chi connectivity index (χ3v) is 4.75. The molecule has 1 atom stereocenters. The number of hydrogen-bond acceptors (Lipinski definition) is 3. The second kappa shape index (κ2) is 5.54. The van der Waals surface area contributed by atoms with Crippen LogP contribution in [0.2, 0.25) is 0 Å². The molecule has 20 heavy (non-hydrogen) atoms. The Morgan fingerprint density at radius 3 is 2.95 bits per heavy atom. The molecule has 0 saturated carbocycles. The van der Waals surface area contributed by atoms with Crippen LogP contribution < -0.4 is 0 Å². The molecule has 0 aliphatic heterocycles. The fourth-order valence-corrected chi connectivity index (χ4v) is 3.42. The first-order valence-corrected chi connectivity index (χ1v) is 8.05. The van der Waals surface area contributed by atoms with E-state index in [9.17, 15) is 0 Å². The van der Waals surface area contributed by atoms with Crippen LogP contribution in [-0.4, -0.2) is 20.4 Å². The van der Waals surface area contributed by atoms with Crippen molar-refractivity contribution in [1.82, 2.24) is 14.5 Å². The lowest BCUT2D eigenvalue weighted by Crippen LogP contribution is -2.10. The Balaban J connectivity index is 2.21. The number of rotatable bonds is 4. The van der Waals surface area contributed by atoms with Crippen molar-refractivity contribution in [2.24, 2.45) is 0 Å². The SMILES string of the molecule is Cc1ccnc2c1nc(CCCl)n2C(C)c1cccs1. The van der Waals surface area contributed by atoms with E-state index < -0.39 is 0 Å². The first-order chi connectivity index (χ1) is 9.72. The van der Waals surface area contributed by atoms with Crippen molar-refractivity contribution >= 4 is 34.1 Å². The molecule has 0 N–H and O–H groups in total. The molecule has 104 valence electrons. The standard InChI is InChI=1S/C15H16ClN3S/c1-10-6-8-17-15-14(10)18-13(5-7-16)19(15)11(2)12-4-3-9-20-12/h3-4,6,8-9,11H,5,7H2,1-2H3. The molecule has 1 unspecified atom stereocenters. The van der Waals surface area contributed by atoms with Crippen LogP contribution in [0.3, 0.4) is 0 Å². The van der Waals surface area contributed by atoms with Crippen LogP contribution in [0.4, 0.5) is 0 Å². The number of aromatic nitrogens is 3. The lowest BCUT2D eigenvalue weighted by Gasteiger charge is -2.15. The van der Waals surface area contributed by atoms with Crippen molar-refractivity contribution in [2.45, 2.75) is 26.3 Å². The molecule has 0 spiro atoms. The van der Waals surface area contributed by atoms with Gasteiger partial charge in [0.05, 0.1) is 6.04 Å². The molecule has 0 aliphatic carbocycles. The highest BCUT2D eigenvalue weighted by Crippen LogP contribution is 2.29. The molecule has 3 aromatic heterocycles. The highest BCUT2D eigenvalue weighted by atomic mass is 35.5. The smallest absolute Gasteiger partial charge is 0.160 e. The Kier molecular flexibility index (Phi) is 3.76. The van der Waals surface area contributed by atoms with Gasteiger partial charge >= 0.3 is 0 Å². The van der Waals surface area contributed by atoms with Gasteiger partial charge in [-0.05, 0) is 36.9 Å². The quantitative estimate of drug-likeness (QED) is 0.677. The molecule has 5 heteroatoms. The van der Waals surface area contributed by atoms with Gasteiger partial charge in [-0.25, -0.2) is 9.97 Å². The first-order valence-electron chi connectivity index (χ1n) is 6.64. The number of fused-ring (bicyclic) bond motifs is 1. The molecule has 3 heterocycles. The molecule has 0 radical (unpaired) electrons. The van der Waals surface area contributed by atoms with E-state index in [1.807, 2.05) is 12.3 Å². The molecule has 0 aromatic carbocycles. The molecule has 0 bridgehead atoms. The largest absolute Gasteiger partial charge is 0.304 e. The summed E-state index contributed by atoms with van der Waals surface area (Å²) < 4.78 is 2.22. The van der Waals surface area contributed by atoms with Gasteiger partial charge in [0.2, 0.25) is 0 Å². The fourth-order valence-electron chi connectivity index (χ4n) is 2.48. The second-order valence-electron chi connectivity index (χ2n) is 4.83. The molecular weight excluding hydrogens is 290 g/mol. The van der Waals surface area contributed by atoms with E-state index in [1.165, 1.54) is 4.88 Å². The maximum absolute atomic E-state index is 5.93. The highest BCUT2D eigenvalue weighted by Gasteiger charge is 2.19. The zero-order chi connectivity index (χ0) is 14.1.